The molecule has 0 aromatic carbocycles. The van der Waals surface area contributed by atoms with Gasteiger partial charge in [-0.3, -0.25) is 4.68 Å². The number of likely N-dealkylation sites (tertiary alicyclic amines) is 1. The largest absolute Gasteiger partial charge is 0.489 e. The summed E-state index contributed by atoms with van der Waals surface area (Å²) in [5.74, 6) is 0.666. The van der Waals surface area contributed by atoms with Gasteiger partial charge in [0.25, 0.3) is 0 Å². The van der Waals surface area contributed by atoms with Crippen LogP contribution in [0.3, 0.4) is 0 Å². The second kappa shape index (κ2) is 5.79. The Balaban J connectivity index is 1.95. The molecular formula is C11H16BrN3O4. The van der Waals surface area contributed by atoms with Crippen LogP contribution in [0.4, 0.5) is 4.79 Å². The average molecular weight is 334 g/mol. The molecular weight excluding hydrogens is 318 g/mol. The van der Waals surface area contributed by atoms with E-state index in [-0.39, 0.29) is 12.0 Å². The van der Waals surface area contributed by atoms with Crippen LogP contribution in [-0.4, -0.2) is 58.8 Å². The first kappa shape index (κ1) is 14.1. The third-order valence-electron chi connectivity index (χ3n) is 3.24. The van der Waals surface area contributed by atoms with Gasteiger partial charge in [0.15, 0.2) is 5.75 Å². The van der Waals surface area contributed by atoms with Crippen LogP contribution in [0, 0.1) is 5.92 Å². The lowest BCUT2D eigenvalue weighted by Crippen LogP contribution is -2.28. The number of rotatable bonds is 4. The Morgan fingerprint density at radius 2 is 2.37 bits per heavy atom. The normalized spacial score (nSPS) is 22.8. The van der Waals surface area contributed by atoms with Crippen molar-refractivity contribution in [3.63, 3.8) is 0 Å². The quantitative estimate of drug-likeness (QED) is 0.895. The van der Waals surface area contributed by atoms with Gasteiger partial charge in [0.1, 0.15) is 4.60 Å². The zero-order chi connectivity index (χ0) is 14.0. The summed E-state index contributed by atoms with van der Waals surface area (Å²) in [6.45, 7) is 1.20. The fourth-order valence-electron chi connectivity index (χ4n) is 2.12. The Bertz CT molecular complexity index is 465. The van der Waals surface area contributed by atoms with E-state index in [1.807, 2.05) is 0 Å². The van der Waals surface area contributed by atoms with Gasteiger partial charge in [-0.15, -0.1) is 0 Å². The summed E-state index contributed by atoms with van der Waals surface area (Å²) in [5, 5.41) is 13.0. The predicted octanol–water partition coefficient (Wildman–Crippen LogP) is 1.19. The van der Waals surface area contributed by atoms with Gasteiger partial charge in [-0.1, -0.05) is 0 Å². The molecule has 0 radical (unpaired) electrons. The molecule has 0 unspecified atom stereocenters. The smallest absolute Gasteiger partial charge is 0.407 e. The number of halogens is 1. The number of hydrogen-bond donors (Lipinski definition) is 1. The molecule has 1 amide bonds. The zero-order valence-corrected chi connectivity index (χ0v) is 12.3. The molecule has 0 aliphatic carbocycles. The van der Waals surface area contributed by atoms with Crippen LogP contribution in [0.25, 0.3) is 0 Å². The van der Waals surface area contributed by atoms with E-state index in [0.717, 1.165) is 4.60 Å². The minimum atomic E-state index is -0.924. The van der Waals surface area contributed by atoms with Crippen LogP contribution in [-0.2, 0) is 11.8 Å². The molecule has 2 atom stereocenters. The summed E-state index contributed by atoms with van der Waals surface area (Å²) in [6, 6.07) is 0. The molecule has 0 saturated carbocycles. The van der Waals surface area contributed by atoms with Crippen LogP contribution in [0.1, 0.15) is 0 Å². The van der Waals surface area contributed by atoms with E-state index >= 15 is 0 Å². The Labute approximate surface area is 119 Å². The van der Waals surface area contributed by atoms with Crippen LogP contribution >= 0.6 is 15.9 Å². The van der Waals surface area contributed by atoms with Crippen molar-refractivity contribution in [2.45, 2.75) is 6.10 Å². The van der Waals surface area contributed by atoms with E-state index in [1.165, 1.54) is 4.90 Å². The molecule has 7 nitrogen and oxygen atoms in total. The Morgan fingerprint density at radius 1 is 1.63 bits per heavy atom. The number of aromatic nitrogens is 2. The first-order chi connectivity index (χ1) is 9.02. The van der Waals surface area contributed by atoms with Crippen molar-refractivity contribution in [1.82, 2.24) is 14.7 Å². The predicted molar refractivity (Wildman–Crippen MR) is 70.3 cm³/mol. The Hall–Kier alpha value is -1.28. The van der Waals surface area contributed by atoms with Crippen LogP contribution in [0.5, 0.6) is 5.75 Å². The first-order valence-corrected chi connectivity index (χ1v) is 6.63. The fraction of sp³-hybridized carbons (Fsp3) is 0.636. The lowest BCUT2D eigenvalue weighted by Gasteiger charge is -2.16. The molecule has 1 aliphatic heterocycles. The van der Waals surface area contributed by atoms with Crippen molar-refractivity contribution >= 4 is 22.0 Å². The molecule has 2 heterocycles. The number of amides is 1. The summed E-state index contributed by atoms with van der Waals surface area (Å²) in [4.78, 5) is 12.3. The molecule has 2 rings (SSSR count). The standard InChI is InChI=1S/C11H16BrN3O4/c1-14-10(12)8(3-13-14)19-6-7-4-15(11(16)17)5-9(7)18-2/h3,7,9H,4-6H2,1-2H3,(H,16,17)/t7-,9+/m1/s1. The lowest BCUT2D eigenvalue weighted by molar-refractivity contribution is 0.0602. The third kappa shape index (κ3) is 3.01. The van der Waals surface area contributed by atoms with Gasteiger partial charge in [0, 0.05) is 26.6 Å². The number of aryl methyl sites for hydroxylation is 1. The van der Waals surface area contributed by atoms with Crippen LogP contribution in [0.15, 0.2) is 10.8 Å². The van der Waals surface area contributed by atoms with Gasteiger partial charge < -0.3 is 19.5 Å². The van der Waals surface area contributed by atoms with Crippen molar-refractivity contribution in [2.24, 2.45) is 13.0 Å². The van der Waals surface area contributed by atoms with E-state index in [1.54, 1.807) is 25.0 Å². The van der Waals surface area contributed by atoms with Gasteiger partial charge >= 0.3 is 6.09 Å². The first-order valence-electron chi connectivity index (χ1n) is 5.84. The molecule has 0 bridgehead atoms. The number of carboxylic acid groups (broad SMARTS) is 1. The maximum Gasteiger partial charge on any atom is 0.407 e. The Morgan fingerprint density at radius 3 is 2.89 bits per heavy atom. The average Bonchev–Trinajstić information content (AvgIpc) is 2.93. The number of carbonyl (C=O) groups is 1. The van der Waals surface area contributed by atoms with Crippen LogP contribution < -0.4 is 4.74 Å². The third-order valence-corrected chi connectivity index (χ3v) is 4.15. The van der Waals surface area contributed by atoms with E-state index in [9.17, 15) is 4.79 Å². The number of nitrogens with zero attached hydrogens (tertiary/aromatic N) is 3. The molecule has 1 N–H and O–H groups in total. The van der Waals surface area contributed by atoms with Gasteiger partial charge in [0.05, 0.1) is 25.5 Å². The maximum absolute atomic E-state index is 10.9. The van der Waals surface area contributed by atoms with E-state index in [0.29, 0.717) is 25.4 Å². The van der Waals surface area contributed by atoms with Gasteiger partial charge in [-0.25, -0.2) is 4.79 Å². The highest BCUT2D eigenvalue weighted by molar-refractivity contribution is 9.10. The second-order valence-corrected chi connectivity index (χ2v) is 5.21. The number of ether oxygens (including phenoxy) is 2. The van der Waals surface area contributed by atoms with Gasteiger partial charge in [0.2, 0.25) is 0 Å². The van der Waals surface area contributed by atoms with Gasteiger partial charge in [-0.05, 0) is 15.9 Å². The molecule has 1 aromatic heterocycles. The molecule has 8 heteroatoms. The fourth-order valence-corrected chi connectivity index (χ4v) is 2.43. The molecule has 1 fully saturated rings. The highest BCUT2D eigenvalue weighted by atomic mass is 79.9. The number of hydrogen-bond acceptors (Lipinski definition) is 4. The topological polar surface area (TPSA) is 76.8 Å². The molecule has 1 aromatic rings. The molecule has 1 aliphatic rings. The lowest BCUT2D eigenvalue weighted by atomic mass is 10.1. The molecule has 19 heavy (non-hydrogen) atoms. The maximum atomic E-state index is 10.9. The summed E-state index contributed by atoms with van der Waals surface area (Å²) >= 11 is 3.37. The van der Waals surface area contributed by atoms with Crippen molar-refractivity contribution in [2.75, 3.05) is 26.8 Å². The van der Waals surface area contributed by atoms with E-state index in [2.05, 4.69) is 21.0 Å². The van der Waals surface area contributed by atoms with Crippen molar-refractivity contribution in [3.8, 4) is 5.75 Å². The molecule has 106 valence electrons. The van der Waals surface area contributed by atoms with Crippen LogP contribution in [0.2, 0.25) is 0 Å². The highest BCUT2D eigenvalue weighted by Gasteiger charge is 2.36. The van der Waals surface area contributed by atoms with Gasteiger partial charge in [-0.2, -0.15) is 5.10 Å². The molecule has 0 spiro atoms. The SMILES string of the molecule is CO[C@H]1CN(C(=O)O)C[C@@H]1COc1cnn(C)c1Br. The van der Waals surface area contributed by atoms with E-state index < -0.39 is 6.09 Å². The summed E-state index contributed by atoms with van der Waals surface area (Å²) in [5.41, 5.74) is 0. The van der Waals surface area contributed by atoms with E-state index in [4.69, 9.17) is 14.6 Å². The second-order valence-electron chi connectivity index (χ2n) is 4.46. The Kier molecular flexibility index (Phi) is 4.31. The summed E-state index contributed by atoms with van der Waals surface area (Å²) in [7, 11) is 3.39. The van der Waals surface area contributed by atoms with Crippen molar-refractivity contribution in [3.05, 3.63) is 10.8 Å². The highest BCUT2D eigenvalue weighted by Crippen LogP contribution is 2.26. The monoisotopic (exact) mass is 333 g/mol. The van der Waals surface area contributed by atoms with Crippen molar-refractivity contribution < 1.29 is 19.4 Å². The minimum Gasteiger partial charge on any atom is -0.489 e. The number of methoxy groups -OCH3 is 1. The minimum absolute atomic E-state index is 0.0215. The summed E-state index contributed by atoms with van der Waals surface area (Å²) in [6.07, 6.45) is 0.564. The molecule has 1 saturated heterocycles. The summed E-state index contributed by atoms with van der Waals surface area (Å²) < 4.78 is 13.4. The van der Waals surface area contributed by atoms with Crippen molar-refractivity contribution in [1.29, 1.82) is 0 Å². The zero-order valence-electron chi connectivity index (χ0n) is 10.7.